The number of hydrogen-bond donors (Lipinski definition) is 0. The second-order valence-corrected chi connectivity index (χ2v) is 4.48. The van der Waals surface area contributed by atoms with Crippen LogP contribution in [0, 0.1) is 0 Å². The topological polar surface area (TPSA) is 13.1 Å². The van der Waals surface area contributed by atoms with E-state index < -0.39 is 0 Å². The Morgan fingerprint density at radius 1 is 0.833 bits per heavy atom. The van der Waals surface area contributed by atoms with Crippen molar-refractivity contribution in [1.82, 2.24) is 0 Å². The number of rotatable bonds is 1. The van der Waals surface area contributed by atoms with Gasteiger partial charge in [0.25, 0.3) is 0 Å². The highest BCUT2D eigenvalue weighted by Crippen LogP contribution is 2.33. The minimum Gasteiger partial charge on any atom is -0.456 e. The summed E-state index contributed by atoms with van der Waals surface area (Å²) in [5.74, 6) is 0.490. The van der Waals surface area contributed by atoms with Crippen molar-refractivity contribution < 1.29 is 4.42 Å². The first-order valence-electron chi connectivity index (χ1n) is 6.67. The summed E-state index contributed by atoms with van der Waals surface area (Å²) in [6.45, 7) is 8.39. The van der Waals surface area contributed by atoms with E-state index in [0.29, 0.717) is 5.92 Å². The Balaban J connectivity index is 0.000000574. The van der Waals surface area contributed by atoms with E-state index >= 15 is 0 Å². The quantitative estimate of drug-likeness (QED) is 0.529. The molecule has 0 unspecified atom stereocenters. The van der Waals surface area contributed by atoms with E-state index in [1.54, 1.807) is 0 Å². The Kier molecular flexibility index (Phi) is 3.71. The summed E-state index contributed by atoms with van der Waals surface area (Å²) in [6.07, 6.45) is 0. The fourth-order valence-electron chi connectivity index (χ4n) is 2.22. The van der Waals surface area contributed by atoms with Crippen LogP contribution in [-0.2, 0) is 0 Å². The van der Waals surface area contributed by atoms with Crippen LogP contribution in [0.5, 0.6) is 0 Å². The highest BCUT2D eigenvalue weighted by Gasteiger charge is 2.11. The number of hydrogen-bond acceptors (Lipinski definition) is 1. The summed E-state index contributed by atoms with van der Waals surface area (Å²) in [4.78, 5) is 0. The molecule has 1 aromatic heterocycles. The molecule has 0 fully saturated rings. The third-order valence-electron chi connectivity index (χ3n) is 3.06. The Morgan fingerprint density at radius 3 is 2.22 bits per heavy atom. The molecule has 1 heterocycles. The van der Waals surface area contributed by atoms with Gasteiger partial charge in [-0.05, 0) is 17.5 Å². The largest absolute Gasteiger partial charge is 0.456 e. The highest BCUT2D eigenvalue weighted by atomic mass is 16.3. The number of benzene rings is 2. The average Bonchev–Trinajstić information content (AvgIpc) is 2.79. The Morgan fingerprint density at radius 2 is 1.50 bits per heavy atom. The zero-order chi connectivity index (χ0) is 13.1. The minimum absolute atomic E-state index is 0.490. The molecule has 3 aromatic rings. The van der Waals surface area contributed by atoms with Crippen molar-refractivity contribution in [2.24, 2.45) is 0 Å². The van der Waals surface area contributed by atoms with E-state index in [1.807, 2.05) is 26.0 Å². The summed E-state index contributed by atoms with van der Waals surface area (Å²) in [6, 6.07) is 14.6. The summed E-state index contributed by atoms with van der Waals surface area (Å²) < 4.78 is 5.94. The molecule has 0 aliphatic heterocycles. The zero-order valence-corrected chi connectivity index (χ0v) is 11.5. The number of furan rings is 1. The molecule has 94 valence electrons. The van der Waals surface area contributed by atoms with E-state index in [9.17, 15) is 0 Å². The molecule has 1 heteroatoms. The Labute approximate surface area is 108 Å². The Bertz CT molecular complexity index is 647. The van der Waals surface area contributed by atoms with Gasteiger partial charge in [0.2, 0.25) is 0 Å². The van der Waals surface area contributed by atoms with Gasteiger partial charge in [0.1, 0.15) is 11.2 Å². The van der Waals surface area contributed by atoms with Gasteiger partial charge >= 0.3 is 0 Å². The first-order chi connectivity index (χ1) is 8.77. The summed E-state index contributed by atoms with van der Waals surface area (Å²) in [5, 5.41) is 2.43. The molecule has 0 N–H and O–H groups in total. The van der Waals surface area contributed by atoms with Crippen LogP contribution in [0.3, 0.4) is 0 Å². The first kappa shape index (κ1) is 12.7. The monoisotopic (exact) mass is 240 g/mol. The van der Waals surface area contributed by atoms with Gasteiger partial charge in [-0.15, -0.1) is 0 Å². The molecule has 0 aliphatic carbocycles. The van der Waals surface area contributed by atoms with Gasteiger partial charge in [-0.2, -0.15) is 0 Å². The normalized spacial score (nSPS) is 10.7. The maximum absolute atomic E-state index is 5.94. The predicted molar refractivity (Wildman–Crippen MR) is 79.2 cm³/mol. The molecule has 3 rings (SSSR count). The van der Waals surface area contributed by atoms with Crippen molar-refractivity contribution in [3.63, 3.8) is 0 Å². The molecule has 1 nitrogen and oxygen atoms in total. The van der Waals surface area contributed by atoms with Gasteiger partial charge in [-0.25, -0.2) is 0 Å². The molecule has 0 atom stereocenters. The van der Waals surface area contributed by atoms with Gasteiger partial charge in [0.15, 0.2) is 0 Å². The van der Waals surface area contributed by atoms with E-state index in [0.717, 1.165) is 11.2 Å². The van der Waals surface area contributed by atoms with Crippen LogP contribution in [0.25, 0.3) is 21.9 Å². The standard InChI is InChI=1S/C15H14O.C2H6/c1-10(2)11-7-5-8-13-12-6-3-4-9-14(12)16-15(11)13;1-2/h3-10H,1-2H3;1-2H3. The maximum atomic E-state index is 5.94. The lowest BCUT2D eigenvalue weighted by Gasteiger charge is -2.04. The van der Waals surface area contributed by atoms with Crippen molar-refractivity contribution in [2.45, 2.75) is 33.6 Å². The van der Waals surface area contributed by atoms with Gasteiger partial charge in [0, 0.05) is 10.8 Å². The van der Waals surface area contributed by atoms with Gasteiger partial charge < -0.3 is 4.42 Å². The molecule has 18 heavy (non-hydrogen) atoms. The van der Waals surface area contributed by atoms with Gasteiger partial charge in [-0.1, -0.05) is 64.1 Å². The lowest BCUT2D eigenvalue weighted by molar-refractivity contribution is 0.657. The molecule has 0 amide bonds. The third kappa shape index (κ3) is 2.01. The van der Waals surface area contributed by atoms with Crippen LogP contribution in [0.4, 0.5) is 0 Å². The zero-order valence-electron chi connectivity index (χ0n) is 11.5. The molecule has 0 saturated carbocycles. The highest BCUT2D eigenvalue weighted by molar-refractivity contribution is 6.05. The number of para-hydroxylation sites is 2. The average molecular weight is 240 g/mol. The van der Waals surface area contributed by atoms with Crippen LogP contribution < -0.4 is 0 Å². The van der Waals surface area contributed by atoms with Crippen molar-refractivity contribution in [2.75, 3.05) is 0 Å². The third-order valence-corrected chi connectivity index (χ3v) is 3.06. The molecule has 0 aliphatic rings. The van der Waals surface area contributed by atoms with Crippen molar-refractivity contribution in [1.29, 1.82) is 0 Å². The fraction of sp³-hybridized carbons (Fsp3) is 0.294. The lowest BCUT2D eigenvalue weighted by atomic mass is 10.0. The van der Waals surface area contributed by atoms with E-state index in [2.05, 4.69) is 44.2 Å². The fourth-order valence-corrected chi connectivity index (χ4v) is 2.22. The first-order valence-corrected chi connectivity index (χ1v) is 6.67. The second kappa shape index (κ2) is 5.26. The molecule has 0 saturated heterocycles. The second-order valence-electron chi connectivity index (χ2n) is 4.48. The van der Waals surface area contributed by atoms with Crippen molar-refractivity contribution in [3.05, 3.63) is 48.0 Å². The minimum atomic E-state index is 0.490. The summed E-state index contributed by atoms with van der Waals surface area (Å²) >= 11 is 0. The van der Waals surface area contributed by atoms with Crippen molar-refractivity contribution in [3.8, 4) is 0 Å². The van der Waals surface area contributed by atoms with Crippen LogP contribution in [-0.4, -0.2) is 0 Å². The predicted octanol–water partition coefficient (Wildman–Crippen LogP) is 5.74. The van der Waals surface area contributed by atoms with E-state index in [-0.39, 0.29) is 0 Å². The molecule has 2 aromatic carbocycles. The molecule has 0 radical (unpaired) electrons. The van der Waals surface area contributed by atoms with E-state index in [4.69, 9.17) is 4.42 Å². The van der Waals surface area contributed by atoms with Gasteiger partial charge in [0.05, 0.1) is 0 Å². The molecule has 0 bridgehead atoms. The Hall–Kier alpha value is -1.76. The summed E-state index contributed by atoms with van der Waals surface area (Å²) in [5.41, 5.74) is 3.30. The summed E-state index contributed by atoms with van der Waals surface area (Å²) in [7, 11) is 0. The van der Waals surface area contributed by atoms with Crippen LogP contribution in [0.1, 0.15) is 39.2 Å². The molecule has 0 spiro atoms. The number of fused-ring (bicyclic) bond motifs is 3. The van der Waals surface area contributed by atoms with Crippen LogP contribution >= 0.6 is 0 Å². The van der Waals surface area contributed by atoms with Crippen molar-refractivity contribution >= 4 is 21.9 Å². The van der Waals surface area contributed by atoms with E-state index in [1.165, 1.54) is 16.3 Å². The lowest BCUT2D eigenvalue weighted by Crippen LogP contribution is -1.86. The maximum Gasteiger partial charge on any atom is 0.138 e. The molecular weight excluding hydrogens is 220 g/mol. The smallest absolute Gasteiger partial charge is 0.138 e. The van der Waals surface area contributed by atoms with Crippen LogP contribution in [0.15, 0.2) is 46.9 Å². The SMILES string of the molecule is CC.CC(C)c1cccc2c1oc1ccccc12. The molecular formula is C17H20O. The van der Waals surface area contributed by atoms with Crippen LogP contribution in [0.2, 0.25) is 0 Å². The van der Waals surface area contributed by atoms with Gasteiger partial charge in [-0.3, -0.25) is 0 Å².